The molecule has 0 saturated carbocycles. The fraction of sp³-hybridized carbons (Fsp3) is 0.562. The first-order valence-corrected chi connectivity index (χ1v) is 7.55. The van der Waals surface area contributed by atoms with Gasteiger partial charge in [0.05, 0.1) is 17.1 Å². The second-order valence-electron chi connectivity index (χ2n) is 5.18. The molecule has 1 heterocycles. The zero-order valence-electron chi connectivity index (χ0n) is 12.6. The number of imidazole rings is 1. The minimum atomic E-state index is -0.440. The Kier molecular flexibility index (Phi) is 4.65. The van der Waals surface area contributed by atoms with Crippen LogP contribution < -0.4 is 5.69 Å². The van der Waals surface area contributed by atoms with Crippen LogP contribution in [0.25, 0.3) is 11.0 Å². The Morgan fingerprint density at radius 3 is 2.35 bits per heavy atom. The molecule has 110 valence electrons. The smallest absolute Gasteiger partial charge is 0.329 e. The lowest BCUT2D eigenvalue weighted by molar-refractivity contribution is 0.164. The third kappa shape index (κ3) is 2.52. The Labute approximate surface area is 119 Å². The molecular formula is C16H24N2O2. The molecule has 4 nitrogen and oxygen atoms in total. The van der Waals surface area contributed by atoms with Crippen LogP contribution in [0.5, 0.6) is 0 Å². The predicted molar refractivity (Wildman–Crippen MR) is 82.0 cm³/mol. The summed E-state index contributed by atoms with van der Waals surface area (Å²) in [5.74, 6) is 0. The molecule has 0 aliphatic carbocycles. The number of benzene rings is 1. The third-order valence-corrected chi connectivity index (χ3v) is 3.89. The van der Waals surface area contributed by atoms with Crippen molar-refractivity contribution in [2.24, 2.45) is 0 Å². The fourth-order valence-corrected chi connectivity index (χ4v) is 2.72. The van der Waals surface area contributed by atoms with Crippen molar-refractivity contribution >= 4 is 11.0 Å². The highest BCUT2D eigenvalue weighted by Crippen LogP contribution is 2.23. The van der Waals surface area contributed by atoms with Crippen LogP contribution in [0, 0.1) is 0 Å². The molecule has 0 bridgehead atoms. The zero-order chi connectivity index (χ0) is 14.7. The molecule has 4 heteroatoms. The van der Waals surface area contributed by atoms with Gasteiger partial charge >= 0.3 is 5.69 Å². The Hall–Kier alpha value is -1.55. The third-order valence-electron chi connectivity index (χ3n) is 3.89. The van der Waals surface area contributed by atoms with E-state index >= 15 is 0 Å². The Bertz CT molecular complexity index is 640. The molecule has 20 heavy (non-hydrogen) atoms. The summed E-state index contributed by atoms with van der Waals surface area (Å²) in [6.07, 6.45) is 2.41. The number of hydrogen-bond donors (Lipinski definition) is 1. The molecule has 2 aromatic rings. The van der Waals surface area contributed by atoms with Gasteiger partial charge < -0.3 is 5.11 Å². The molecule has 0 amide bonds. The van der Waals surface area contributed by atoms with Crippen LogP contribution >= 0.6 is 0 Å². The zero-order valence-corrected chi connectivity index (χ0v) is 12.6. The highest BCUT2D eigenvalue weighted by molar-refractivity contribution is 5.77. The van der Waals surface area contributed by atoms with Gasteiger partial charge in [-0.15, -0.1) is 0 Å². The second-order valence-corrected chi connectivity index (χ2v) is 5.18. The lowest BCUT2D eigenvalue weighted by atomic mass is 10.0. The molecule has 0 radical (unpaired) electrons. The first-order valence-electron chi connectivity index (χ1n) is 7.55. The van der Waals surface area contributed by atoms with Crippen molar-refractivity contribution in [3.63, 3.8) is 0 Å². The van der Waals surface area contributed by atoms with Crippen LogP contribution in [0.15, 0.2) is 23.0 Å². The van der Waals surface area contributed by atoms with Crippen LogP contribution in [-0.2, 0) is 13.1 Å². The first-order chi connectivity index (χ1) is 9.63. The maximum atomic E-state index is 12.3. The number of fused-ring (bicyclic) bond motifs is 1. The molecule has 1 unspecified atom stereocenters. The summed E-state index contributed by atoms with van der Waals surface area (Å²) in [5, 5.41) is 10.2. The number of hydrogen-bond acceptors (Lipinski definition) is 2. The molecule has 0 spiro atoms. The van der Waals surface area contributed by atoms with E-state index in [0.29, 0.717) is 13.1 Å². The van der Waals surface area contributed by atoms with Crippen molar-refractivity contribution in [2.75, 3.05) is 0 Å². The summed E-state index contributed by atoms with van der Waals surface area (Å²) in [7, 11) is 0. The highest BCUT2D eigenvalue weighted by atomic mass is 16.3. The van der Waals surface area contributed by atoms with Crippen molar-refractivity contribution in [1.29, 1.82) is 0 Å². The molecule has 0 aliphatic rings. The summed E-state index contributed by atoms with van der Waals surface area (Å²) in [5.41, 5.74) is 2.81. The number of nitrogens with zero attached hydrogens (tertiary/aromatic N) is 2. The lowest BCUT2D eigenvalue weighted by Gasteiger charge is -2.11. The van der Waals surface area contributed by atoms with Crippen LogP contribution in [0.3, 0.4) is 0 Å². The minimum absolute atomic E-state index is 0.0326. The van der Waals surface area contributed by atoms with Crippen LogP contribution in [0.4, 0.5) is 0 Å². The van der Waals surface area contributed by atoms with Gasteiger partial charge in [-0.25, -0.2) is 4.79 Å². The van der Waals surface area contributed by atoms with E-state index in [4.69, 9.17) is 0 Å². The number of rotatable bonds is 6. The van der Waals surface area contributed by atoms with Gasteiger partial charge in [-0.3, -0.25) is 9.13 Å². The Morgan fingerprint density at radius 2 is 1.75 bits per heavy atom. The highest BCUT2D eigenvalue weighted by Gasteiger charge is 2.14. The molecule has 1 atom stereocenters. The summed E-state index contributed by atoms with van der Waals surface area (Å²) >= 11 is 0. The van der Waals surface area contributed by atoms with E-state index in [1.807, 2.05) is 32.0 Å². The van der Waals surface area contributed by atoms with Crippen LogP contribution in [-0.4, -0.2) is 14.2 Å². The monoisotopic (exact) mass is 276 g/mol. The van der Waals surface area contributed by atoms with E-state index in [2.05, 4.69) is 6.92 Å². The molecule has 1 N–H and O–H groups in total. The van der Waals surface area contributed by atoms with Crippen molar-refractivity contribution in [2.45, 2.75) is 59.2 Å². The Morgan fingerprint density at radius 1 is 1.10 bits per heavy atom. The number of aromatic nitrogens is 2. The van der Waals surface area contributed by atoms with Crippen molar-refractivity contribution in [3.8, 4) is 0 Å². The summed E-state index contributed by atoms with van der Waals surface area (Å²) < 4.78 is 3.55. The van der Waals surface area contributed by atoms with E-state index in [9.17, 15) is 9.90 Å². The summed E-state index contributed by atoms with van der Waals surface area (Å²) in [4.78, 5) is 12.3. The van der Waals surface area contributed by atoms with E-state index in [1.54, 1.807) is 9.13 Å². The lowest BCUT2D eigenvalue weighted by Crippen LogP contribution is -2.23. The molecule has 0 fully saturated rings. The molecule has 2 rings (SSSR count). The summed E-state index contributed by atoms with van der Waals surface area (Å²) in [6, 6.07) is 5.86. The van der Waals surface area contributed by atoms with E-state index in [0.717, 1.165) is 35.9 Å². The number of aliphatic hydroxyl groups is 1. The quantitative estimate of drug-likeness (QED) is 0.881. The maximum Gasteiger partial charge on any atom is 0.329 e. The fourth-order valence-electron chi connectivity index (χ4n) is 2.72. The molecular weight excluding hydrogens is 252 g/mol. The van der Waals surface area contributed by atoms with Gasteiger partial charge in [0.1, 0.15) is 0 Å². The molecule has 0 aliphatic heterocycles. The summed E-state index contributed by atoms with van der Waals surface area (Å²) in [6.45, 7) is 7.38. The van der Waals surface area contributed by atoms with Crippen molar-refractivity contribution in [1.82, 2.24) is 9.13 Å². The Balaban J connectivity index is 2.50. The van der Waals surface area contributed by atoms with Crippen molar-refractivity contribution in [3.05, 3.63) is 34.2 Å². The molecule has 0 saturated heterocycles. The van der Waals surface area contributed by atoms with E-state index < -0.39 is 6.10 Å². The predicted octanol–water partition coefficient (Wildman–Crippen LogP) is 3.07. The normalized spacial score (nSPS) is 13.0. The van der Waals surface area contributed by atoms with Crippen molar-refractivity contribution < 1.29 is 5.11 Å². The van der Waals surface area contributed by atoms with Gasteiger partial charge in [0.15, 0.2) is 0 Å². The molecule has 1 aromatic carbocycles. The standard InChI is InChI=1S/C16H24N2O2/c1-4-7-8-15(19)12-9-10-13-14(11-12)18(6-3)16(20)17(13)5-2/h9-11,15,19H,4-8H2,1-3H3. The average molecular weight is 276 g/mol. The molecule has 1 aromatic heterocycles. The topological polar surface area (TPSA) is 47.2 Å². The second kappa shape index (κ2) is 6.27. The van der Waals surface area contributed by atoms with E-state index in [1.165, 1.54) is 0 Å². The van der Waals surface area contributed by atoms with Gasteiger partial charge in [-0.2, -0.15) is 0 Å². The van der Waals surface area contributed by atoms with Crippen LogP contribution in [0.2, 0.25) is 0 Å². The SMILES string of the molecule is CCCCC(O)c1ccc2c(c1)n(CC)c(=O)n2CC. The van der Waals surface area contributed by atoms with Gasteiger partial charge in [0.2, 0.25) is 0 Å². The van der Waals surface area contributed by atoms with Gasteiger partial charge in [-0.05, 0) is 38.0 Å². The van der Waals surface area contributed by atoms with E-state index in [-0.39, 0.29) is 5.69 Å². The largest absolute Gasteiger partial charge is 0.388 e. The maximum absolute atomic E-state index is 12.3. The van der Waals surface area contributed by atoms with Gasteiger partial charge in [-0.1, -0.05) is 25.8 Å². The minimum Gasteiger partial charge on any atom is -0.388 e. The number of aryl methyl sites for hydroxylation is 2. The van der Waals surface area contributed by atoms with Crippen LogP contribution in [0.1, 0.15) is 51.7 Å². The average Bonchev–Trinajstić information content (AvgIpc) is 2.74. The van der Waals surface area contributed by atoms with Gasteiger partial charge in [0.25, 0.3) is 0 Å². The number of unbranched alkanes of at least 4 members (excludes halogenated alkanes) is 1. The first kappa shape index (κ1) is 14.9. The van der Waals surface area contributed by atoms with Gasteiger partial charge in [0, 0.05) is 13.1 Å². The number of aliphatic hydroxyl groups excluding tert-OH is 1.